The summed E-state index contributed by atoms with van der Waals surface area (Å²) in [6, 6.07) is 15.3. The molecule has 2 N–H and O–H groups in total. The number of hydrogen-bond acceptors (Lipinski definition) is 6. The fourth-order valence-corrected chi connectivity index (χ4v) is 3.97. The van der Waals surface area contributed by atoms with Crippen molar-refractivity contribution in [3.63, 3.8) is 0 Å². The minimum Gasteiger partial charge on any atom is -0.497 e. The topological polar surface area (TPSA) is 86.5 Å². The van der Waals surface area contributed by atoms with Gasteiger partial charge in [-0.15, -0.1) is 0 Å². The Hall–Kier alpha value is -3.24. The minimum absolute atomic E-state index is 0.0607. The molecule has 0 atom stereocenters. The van der Waals surface area contributed by atoms with Crippen LogP contribution in [0.3, 0.4) is 0 Å². The lowest BCUT2D eigenvalue weighted by atomic mass is 10.1. The number of nitrogens with one attached hydrogen (secondary N) is 2. The van der Waals surface area contributed by atoms with Gasteiger partial charge in [-0.2, -0.15) is 5.26 Å². The quantitative estimate of drug-likeness (QED) is 0.240. The number of fused-ring (bicyclic) bond motifs is 1. The number of anilines is 1. The van der Waals surface area contributed by atoms with E-state index in [1.807, 2.05) is 55.6 Å². The van der Waals surface area contributed by atoms with E-state index in [1.54, 1.807) is 18.9 Å². The molecular formula is C25H30N4O2S. The van der Waals surface area contributed by atoms with E-state index in [1.165, 1.54) is 19.3 Å². The van der Waals surface area contributed by atoms with Gasteiger partial charge in [0.2, 0.25) is 0 Å². The van der Waals surface area contributed by atoms with Crippen molar-refractivity contribution in [1.82, 2.24) is 5.32 Å². The first-order valence-corrected chi connectivity index (χ1v) is 11.6. The van der Waals surface area contributed by atoms with Crippen molar-refractivity contribution in [2.24, 2.45) is 4.99 Å². The van der Waals surface area contributed by atoms with E-state index in [-0.39, 0.29) is 5.57 Å². The van der Waals surface area contributed by atoms with Crippen molar-refractivity contribution in [2.75, 3.05) is 25.4 Å². The number of benzene rings is 2. The Balaban J connectivity index is 0.000000654. The predicted molar refractivity (Wildman–Crippen MR) is 133 cm³/mol. The zero-order chi connectivity index (χ0) is 23.3. The molecular weight excluding hydrogens is 420 g/mol. The molecule has 168 valence electrons. The van der Waals surface area contributed by atoms with E-state index >= 15 is 0 Å². The molecule has 2 aromatic rings. The molecule has 0 saturated heterocycles. The fraction of sp³-hybridized carbons (Fsp3) is 0.320. The highest BCUT2D eigenvalue weighted by Crippen LogP contribution is 2.32. The van der Waals surface area contributed by atoms with Crippen LogP contribution in [0.15, 0.2) is 57.9 Å². The van der Waals surface area contributed by atoms with Crippen molar-refractivity contribution in [2.45, 2.75) is 38.0 Å². The van der Waals surface area contributed by atoms with Crippen LogP contribution in [0.1, 0.15) is 44.2 Å². The van der Waals surface area contributed by atoms with Gasteiger partial charge in [0.1, 0.15) is 23.2 Å². The molecule has 0 bridgehead atoms. The van der Waals surface area contributed by atoms with Crippen LogP contribution in [0, 0.1) is 11.3 Å². The Morgan fingerprint density at radius 1 is 1.22 bits per heavy atom. The summed E-state index contributed by atoms with van der Waals surface area (Å²) in [6.45, 7) is 4.42. The second-order valence-corrected chi connectivity index (χ2v) is 7.92. The number of unbranched alkanes of at least 4 members (excludes halogenated alkanes) is 2. The lowest BCUT2D eigenvalue weighted by molar-refractivity contribution is -0.104. The molecule has 1 aliphatic rings. The average Bonchev–Trinajstić information content (AvgIpc) is 3.19. The number of methoxy groups -OCH3 is 1. The van der Waals surface area contributed by atoms with Crippen LogP contribution in [0.4, 0.5) is 5.69 Å². The summed E-state index contributed by atoms with van der Waals surface area (Å²) in [6.07, 6.45) is 4.64. The molecule has 7 heteroatoms. The number of carbonyl (C=O) groups is 1. The van der Waals surface area contributed by atoms with Crippen molar-refractivity contribution in [1.29, 1.82) is 5.26 Å². The number of ether oxygens (including phenoxy) is 1. The standard InChI is InChI=1S/C20H18N4O2S.C5H12/c1-22-17-8-7-14(26-2)9-18(17)27-12-23-20-16-6-4-3-5-15(16)19(24-20)13(10-21)11-25;1-3-5-4-2/h3-9,11,22H,12H2,1-2H3,(H,23,24);3-5H2,1-2H3/b19-13-;. The summed E-state index contributed by atoms with van der Waals surface area (Å²) in [5.74, 6) is 1.90. The molecule has 6 nitrogen and oxygen atoms in total. The third kappa shape index (κ3) is 6.38. The maximum absolute atomic E-state index is 11.2. The van der Waals surface area contributed by atoms with Crippen molar-refractivity contribution >= 4 is 35.3 Å². The van der Waals surface area contributed by atoms with Crippen LogP contribution >= 0.6 is 11.8 Å². The van der Waals surface area contributed by atoms with Crippen LogP contribution in [-0.4, -0.2) is 32.2 Å². The minimum atomic E-state index is 0.0607. The highest BCUT2D eigenvalue weighted by molar-refractivity contribution is 7.99. The van der Waals surface area contributed by atoms with Crippen molar-refractivity contribution < 1.29 is 9.53 Å². The summed E-state index contributed by atoms with van der Waals surface area (Å²) in [5.41, 5.74) is 3.24. The molecule has 0 saturated carbocycles. The van der Waals surface area contributed by atoms with Gasteiger partial charge >= 0.3 is 0 Å². The number of rotatable bonds is 8. The number of nitriles is 1. The third-order valence-corrected chi connectivity index (χ3v) is 5.72. The number of carbonyl (C=O) groups excluding carboxylic acids is 1. The molecule has 2 aromatic carbocycles. The maximum atomic E-state index is 11.2. The highest BCUT2D eigenvalue weighted by atomic mass is 32.2. The first-order chi connectivity index (χ1) is 15.6. The summed E-state index contributed by atoms with van der Waals surface area (Å²) in [7, 11) is 3.50. The molecule has 1 aliphatic heterocycles. The number of amidine groups is 1. The van der Waals surface area contributed by atoms with Crippen molar-refractivity contribution in [3.05, 3.63) is 59.2 Å². The van der Waals surface area contributed by atoms with Gasteiger partial charge in [-0.1, -0.05) is 69.1 Å². The second kappa shape index (κ2) is 13.2. The zero-order valence-corrected chi connectivity index (χ0v) is 19.9. The summed E-state index contributed by atoms with van der Waals surface area (Å²) in [4.78, 5) is 16.8. The van der Waals surface area contributed by atoms with Gasteiger partial charge in [-0.05, 0) is 18.2 Å². The third-order valence-electron chi connectivity index (χ3n) is 4.81. The van der Waals surface area contributed by atoms with Crippen LogP contribution in [0.2, 0.25) is 0 Å². The molecule has 0 aromatic heterocycles. The first-order valence-electron chi connectivity index (χ1n) is 10.6. The summed E-state index contributed by atoms with van der Waals surface area (Å²) in [5, 5.41) is 15.5. The van der Waals surface area contributed by atoms with Gasteiger partial charge in [-0.3, -0.25) is 9.79 Å². The number of hydrogen-bond donors (Lipinski definition) is 2. The lowest BCUT2D eigenvalue weighted by Gasteiger charge is -2.10. The molecule has 1 heterocycles. The number of thioether (sulfide) groups is 1. The van der Waals surface area contributed by atoms with E-state index < -0.39 is 0 Å². The van der Waals surface area contributed by atoms with Gasteiger partial charge in [-0.25, -0.2) is 0 Å². The smallest absolute Gasteiger partial charge is 0.162 e. The van der Waals surface area contributed by atoms with E-state index in [0.717, 1.165) is 27.5 Å². The summed E-state index contributed by atoms with van der Waals surface area (Å²) >= 11 is 1.56. The van der Waals surface area contributed by atoms with Crippen molar-refractivity contribution in [3.8, 4) is 11.8 Å². The molecule has 0 radical (unpaired) electrons. The number of aldehydes is 1. The predicted octanol–water partition coefficient (Wildman–Crippen LogP) is 5.47. The summed E-state index contributed by atoms with van der Waals surface area (Å²) < 4.78 is 5.29. The Bertz CT molecular complexity index is 1020. The van der Waals surface area contributed by atoms with Gasteiger partial charge < -0.3 is 15.4 Å². The molecule has 3 rings (SSSR count). The SMILES string of the molecule is CCCCC.CNc1ccc(OC)cc1SC/N=C1\N/C(=C(/C#N)C=O)c2ccccc21. The molecule has 32 heavy (non-hydrogen) atoms. The number of allylic oxidation sites excluding steroid dienone is 1. The molecule has 0 fully saturated rings. The fourth-order valence-electron chi connectivity index (χ4n) is 3.11. The number of aliphatic imine (C=N–C) groups is 1. The Morgan fingerprint density at radius 2 is 1.94 bits per heavy atom. The molecule has 0 spiro atoms. The Labute approximate surface area is 194 Å². The van der Waals surface area contributed by atoms with Crippen LogP contribution < -0.4 is 15.4 Å². The second-order valence-electron chi connectivity index (χ2n) is 6.93. The Kier molecular flexibility index (Phi) is 10.3. The van der Waals surface area contributed by atoms with Gasteiger partial charge in [0.15, 0.2) is 6.29 Å². The normalized spacial score (nSPS) is 14.4. The largest absolute Gasteiger partial charge is 0.497 e. The van der Waals surface area contributed by atoms with Gasteiger partial charge in [0.05, 0.1) is 18.7 Å². The van der Waals surface area contributed by atoms with Gasteiger partial charge in [0.25, 0.3) is 0 Å². The molecule has 0 amide bonds. The van der Waals surface area contributed by atoms with E-state index in [0.29, 0.717) is 23.7 Å². The lowest BCUT2D eigenvalue weighted by Crippen LogP contribution is -2.16. The Morgan fingerprint density at radius 3 is 2.50 bits per heavy atom. The van der Waals surface area contributed by atoms with E-state index in [4.69, 9.17) is 4.74 Å². The van der Waals surface area contributed by atoms with E-state index in [9.17, 15) is 10.1 Å². The van der Waals surface area contributed by atoms with Gasteiger partial charge in [0, 0.05) is 28.8 Å². The highest BCUT2D eigenvalue weighted by Gasteiger charge is 2.24. The van der Waals surface area contributed by atoms with Crippen LogP contribution in [0.25, 0.3) is 5.70 Å². The van der Waals surface area contributed by atoms with Crippen LogP contribution in [0.5, 0.6) is 5.75 Å². The first kappa shape index (κ1) is 25.0. The molecule has 0 aliphatic carbocycles. The average molecular weight is 451 g/mol. The zero-order valence-electron chi connectivity index (χ0n) is 19.1. The van der Waals surface area contributed by atoms with E-state index in [2.05, 4.69) is 29.5 Å². The van der Waals surface area contributed by atoms with Crippen LogP contribution in [-0.2, 0) is 4.79 Å². The monoisotopic (exact) mass is 450 g/mol. The number of nitrogens with zero attached hydrogens (tertiary/aromatic N) is 2. The molecule has 0 unspecified atom stereocenters. The maximum Gasteiger partial charge on any atom is 0.162 e.